The van der Waals surface area contributed by atoms with Crippen LogP contribution in [0, 0.1) is 6.92 Å². The molecule has 1 atom stereocenters. The first-order valence-corrected chi connectivity index (χ1v) is 9.58. The number of carbonyl (C=O) groups excluding carboxylic acids is 1. The van der Waals surface area contributed by atoms with Gasteiger partial charge in [-0.05, 0) is 42.3 Å². The second kappa shape index (κ2) is 5.57. The normalized spacial score (nSPS) is 20.2. The second-order valence-electron chi connectivity index (χ2n) is 6.60. The van der Waals surface area contributed by atoms with Crippen LogP contribution in [0.2, 0.25) is 5.02 Å². The SMILES string of the molecule is Cc1ccc2c(c1)SC1(c3ccc(Cl)cc3)C(=O)c3ccccc3C1=N2. The molecule has 3 aromatic carbocycles. The lowest BCUT2D eigenvalue weighted by molar-refractivity contribution is 0.0976. The first kappa shape index (κ1) is 15.9. The van der Waals surface area contributed by atoms with Crippen molar-refractivity contribution in [2.75, 3.05) is 0 Å². The predicted octanol–water partition coefficient (Wildman–Crippen LogP) is 5.97. The minimum atomic E-state index is -0.852. The molecule has 0 amide bonds. The third kappa shape index (κ3) is 2.08. The molecular formula is C22H14ClNOS. The summed E-state index contributed by atoms with van der Waals surface area (Å²) in [5.74, 6) is 0.0892. The van der Waals surface area contributed by atoms with Gasteiger partial charge in [-0.3, -0.25) is 4.79 Å². The third-order valence-electron chi connectivity index (χ3n) is 4.94. The van der Waals surface area contributed by atoms with Crippen molar-refractivity contribution in [3.05, 3.63) is 94.0 Å². The summed E-state index contributed by atoms with van der Waals surface area (Å²) in [5.41, 5.74) is 5.47. The molecule has 1 heterocycles. The molecule has 1 aliphatic carbocycles. The molecule has 1 unspecified atom stereocenters. The average Bonchev–Trinajstić information content (AvgIpc) is 2.90. The minimum absolute atomic E-state index is 0.0892. The van der Waals surface area contributed by atoms with Crippen molar-refractivity contribution in [3.8, 4) is 0 Å². The van der Waals surface area contributed by atoms with E-state index in [4.69, 9.17) is 16.6 Å². The molecule has 0 saturated heterocycles. The van der Waals surface area contributed by atoms with Gasteiger partial charge in [0.25, 0.3) is 0 Å². The molecule has 126 valence electrons. The van der Waals surface area contributed by atoms with Crippen LogP contribution in [0.5, 0.6) is 0 Å². The van der Waals surface area contributed by atoms with Crippen LogP contribution in [0.3, 0.4) is 0 Å². The molecule has 4 heteroatoms. The summed E-state index contributed by atoms with van der Waals surface area (Å²) in [7, 11) is 0. The number of thioether (sulfide) groups is 1. The van der Waals surface area contributed by atoms with Gasteiger partial charge in [0.05, 0.1) is 11.4 Å². The van der Waals surface area contributed by atoms with Crippen molar-refractivity contribution < 1.29 is 4.79 Å². The van der Waals surface area contributed by atoms with Crippen molar-refractivity contribution in [2.45, 2.75) is 16.6 Å². The van der Waals surface area contributed by atoms with Crippen molar-refractivity contribution in [2.24, 2.45) is 4.99 Å². The van der Waals surface area contributed by atoms with Crippen LogP contribution in [-0.4, -0.2) is 11.5 Å². The number of rotatable bonds is 1. The van der Waals surface area contributed by atoms with E-state index in [0.29, 0.717) is 5.02 Å². The van der Waals surface area contributed by atoms with Crippen LogP contribution in [0.15, 0.2) is 76.6 Å². The molecule has 0 N–H and O–H groups in total. The quantitative estimate of drug-likeness (QED) is 0.524. The lowest BCUT2D eigenvalue weighted by Gasteiger charge is -2.32. The minimum Gasteiger partial charge on any atom is -0.292 e. The molecule has 1 aliphatic heterocycles. The molecule has 3 aromatic rings. The van der Waals surface area contributed by atoms with Gasteiger partial charge < -0.3 is 0 Å². The van der Waals surface area contributed by atoms with Crippen molar-refractivity contribution in [1.82, 2.24) is 0 Å². The summed E-state index contributed by atoms with van der Waals surface area (Å²) in [6.07, 6.45) is 0. The smallest absolute Gasteiger partial charge is 0.190 e. The van der Waals surface area contributed by atoms with Crippen LogP contribution in [0.1, 0.15) is 27.0 Å². The molecule has 0 fully saturated rings. The van der Waals surface area contributed by atoms with E-state index in [1.165, 1.54) is 0 Å². The highest BCUT2D eigenvalue weighted by Crippen LogP contribution is 2.56. The van der Waals surface area contributed by atoms with Crippen LogP contribution in [-0.2, 0) is 4.75 Å². The Bertz CT molecular complexity index is 1100. The number of fused-ring (bicyclic) bond motifs is 4. The van der Waals surface area contributed by atoms with Crippen LogP contribution < -0.4 is 0 Å². The topological polar surface area (TPSA) is 29.4 Å². The molecule has 26 heavy (non-hydrogen) atoms. The fourth-order valence-electron chi connectivity index (χ4n) is 3.70. The Morgan fingerprint density at radius 2 is 1.69 bits per heavy atom. The van der Waals surface area contributed by atoms with Gasteiger partial charge >= 0.3 is 0 Å². The van der Waals surface area contributed by atoms with E-state index < -0.39 is 4.75 Å². The molecular weight excluding hydrogens is 362 g/mol. The maximum Gasteiger partial charge on any atom is 0.190 e. The first-order valence-electron chi connectivity index (χ1n) is 8.39. The predicted molar refractivity (Wildman–Crippen MR) is 107 cm³/mol. The molecule has 0 aromatic heterocycles. The fraction of sp³-hybridized carbons (Fsp3) is 0.0909. The van der Waals surface area contributed by atoms with Crippen LogP contribution in [0.25, 0.3) is 0 Å². The molecule has 5 rings (SSSR count). The Labute approximate surface area is 160 Å². The number of ketones is 1. The number of nitrogens with zero attached hydrogens (tertiary/aromatic N) is 1. The van der Waals surface area contributed by atoms with E-state index in [2.05, 4.69) is 19.1 Å². The first-order chi connectivity index (χ1) is 12.6. The Balaban J connectivity index is 1.84. The zero-order valence-corrected chi connectivity index (χ0v) is 15.6. The van der Waals surface area contributed by atoms with Gasteiger partial charge in [-0.1, -0.05) is 65.8 Å². The molecule has 0 saturated carbocycles. The summed E-state index contributed by atoms with van der Waals surface area (Å²) in [6.45, 7) is 2.06. The lowest BCUT2D eigenvalue weighted by Crippen LogP contribution is -2.36. The average molecular weight is 376 g/mol. The largest absolute Gasteiger partial charge is 0.292 e. The van der Waals surface area contributed by atoms with Crippen LogP contribution >= 0.6 is 23.4 Å². The third-order valence-corrected chi connectivity index (χ3v) is 6.66. The molecule has 0 bridgehead atoms. The number of benzene rings is 3. The highest BCUT2D eigenvalue weighted by Gasteiger charge is 2.54. The van der Waals surface area contributed by atoms with Gasteiger partial charge in [0.1, 0.15) is 0 Å². The summed E-state index contributed by atoms with van der Waals surface area (Å²) >= 11 is 7.69. The molecule has 2 aliphatic rings. The van der Waals surface area contributed by atoms with Crippen molar-refractivity contribution >= 4 is 40.5 Å². The number of aliphatic imine (C=N–C) groups is 1. The highest BCUT2D eigenvalue weighted by atomic mass is 35.5. The van der Waals surface area contributed by atoms with Crippen molar-refractivity contribution in [3.63, 3.8) is 0 Å². The van der Waals surface area contributed by atoms with Crippen LogP contribution in [0.4, 0.5) is 5.69 Å². The highest BCUT2D eigenvalue weighted by molar-refractivity contribution is 8.02. The van der Waals surface area contributed by atoms with Gasteiger partial charge in [-0.15, -0.1) is 0 Å². The summed E-state index contributed by atoms with van der Waals surface area (Å²) < 4.78 is -0.852. The van der Waals surface area contributed by atoms with E-state index in [1.807, 2.05) is 54.6 Å². The Hall–Kier alpha value is -2.36. The maximum atomic E-state index is 13.6. The molecule has 2 nitrogen and oxygen atoms in total. The Kier molecular flexibility index (Phi) is 3.40. The summed E-state index contributed by atoms with van der Waals surface area (Å²) in [4.78, 5) is 19.6. The number of hydrogen-bond acceptors (Lipinski definition) is 3. The molecule has 0 spiro atoms. The monoisotopic (exact) mass is 375 g/mol. The van der Waals surface area contributed by atoms with Gasteiger partial charge in [0, 0.05) is 21.0 Å². The number of carbonyl (C=O) groups is 1. The van der Waals surface area contributed by atoms with E-state index in [-0.39, 0.29) is 5.78 Å². The van der Waals surface area contributed by atoms with E-state index in [9.17, 15) is 4.79 Å². The number of Topliss-reactive ketones (excluding diaryl/α,β-unsaturated/α-hetero) is 1. The van der Waals surface area contributed by atoms with E-state index in [0.717, 1.165) is 38.5 Å². The summed E-state index contributed by atoms with van der Waals surface area (Å²) in [5, 5.41) is 0.656. The number of halogens is 1. The van der Waals surface area contributed by atoms with E-state index >= 15 is 0 Å². The van der Waals surface area contributed by atoms with Gasteiger partial charge in [-0.2, -0.15) is 0 Å². The van der Waals surface area contributed by atoms with Crippen molar-refractivity contribution in [1.29, 1.82) is 0 Å². The fourth-order valence-corrected chi connectivity index (χ4v) is 5.33. The number of hydrogen-bond donors (Lipinski definition) is 0. The zero-order valence-electron chi connectivity index (χ0n) is 14.0. The number of aryl methyl sites for hydroxylation is 1. The standard InChI is InChI=1S/C22H14ClNOS/c1-13-6-11-18-19(12-13)26-22(14-7-9-15(23)10-8-14)20(24-18)16-4-2-3-5-17(16)21(22)25/h2-12H,1H3. The Morgan fingerprint density at radius 1 is 0.962 bits per heavy atom. The van der Waals surface area contributed by atoms with Gasteiger partial charge in [-0.25, -0.2) is 4.99 Å². The van der Waals surface area contributed by atoms with Gasteiger partial charge in [0.2, 0.25) is 0 Å². The molecule has 0 radical (unpaired) electrons. The second-order valence-corrected chi connectivity index (χ2v) is 8.29. The van der Waals surface area contributed by atoms with E-state index in [1.54, 1.807) is 11.8 Å². The zero-order chi connectivity index (χ0) is 17.9. The summed E-state index contributed by atoms with van der Waals surface area (Å²) in [6, 6.07) is 21.5. The Morgan fingerprint density at radius 3 is 2.46 bits per heavy atom. The maximum absolute atomic E-state index is 13.6. The van der Waals surface area contributed by atoms with Gasteiger partial charge in [0.15, 0.2) is 10.5 Å². The lowest BCUT2D eigenvalue weighted by atomic mass is 9.92.